The second-order valence-electron chi connectivity index (χ2n) is 4.68. The van der Waals surface area contributed by atoms with E-state index in [1.165, 1.54) is 0 Å². The molecule has 0 aliphatic rings. The van der Waals surface area contributed by atoms with Crippen molar-refractivity contribution >= 4 is 11.6 Å². The van der Waals surface area contributed by atoms with Crippen LogP contribution in [0.2, 0.25) is 0 Å². The van der Waals surface area contributed by atoms with Gasteiger partial charge in [-0.3, -0.25) is 0 Å². The van der Waals surface area contributed by atoms with E-state index in [4.69, 9.17) is 4.42 Å². The number of nitrogens with one attached hydrogen (secondary N) is 2. The summed E-state index contributed by atoms with van der Waals surface area (Å²) in [7, 11) is 0. The van der Waals surface area contributed by atoms with Crippen molar-refractivity contribution in [1.29, 1.82) is 0 Å². The van der Waals surface area contributed by atoms with Crippen molar-refractivity contribution in [3.63, 3.8) is 0 Å². The van der Waals surface area contributed by atoms with Crippen molar-refractivity contribution in [2.45, 2.75) is 40.2 Å². The monoisotopic (exact) mass is 274 g/mol. The third-order valence-corrected chi connectivity index (χ3v) is 3.02. The maximum Gasteiger partial charge on any atom is 0.135 e. The molecule has 5 nitrogen and oxygen atoms in total. The molecule has 0 aliphatic carbocycles. The summed E-state index contributed by atoms with van der Waals surface area (Å²) in [5, 5.41) is 6.62. The lowest BCUT2D eigenvalue weighted by Gasteiger charge is -2.14. The first-order chi connectivity index (χ1) is 9.74. The maximum atomic E-state index is 5.33. The van der Waals surface area contributed by atoms with Crippen LogP contribution in [0.4, 0.5) is 11.6 Å². The molecule has 2 heterocycles. The van der Waals surface area contributed by atoms with E-state index in [9.17, 15) is 0 Å². The van der Waals surface area contributed by atoms with Gasteiger partial charge in [-0.2, -0.15) is 0 Å². The van der Waals surface area contributed by atoms with E-state index in [2.05, 4.69) is 34.4 Å². The fraction of sp³-hybridized carbons (Fsp3) is 0.467. The molecule has 0 atom stereocenters. The summed E-state index contributed by atoms with van der Waals surface area (Å²) in [6.45, 7) is 7.70. The first-order valence-corrected chi connectivity index (χ1v) is 7.12. The minimum atomic E-state index is 0.627. The van der Waals surface area contributed by atoms with Gasteiger partial charge in [-0.1, -0.05) is 6.92 Å². The van der Waals surface area contributed by atoms with Crippen LogP contribution in [0.3, 0.4) is 0 Å². The molecule has 2 aromatic rings. The Balaban J connectivity index is 2.20. The standard InChI is InChI=1S/C15H22N4O/c1-4-7-13-18-14(16-5-2)11(3)15(19-13)17-10-12-8-6-9-20-12/h6,8-9H,4-5,7,10H2,1-3H3,(H2,16,17,18,19). The van der Waals surface area contributed by atoms with Gasteiger partial charge in [0.05, 0.1) is 12.8 Å². The molecule has 0 bridgehead atoms. The van der Waals surface area contributed by atoms with E-state index in [0.29, 0.717) is 6.54 Å². The van der Waals surface area contributed by atoms with Crippen LogP contribution in [0.25, 0.3) is 0 Å². The Labute approximate surface area is 119 Å². The Morgan fingerprint density at radius 3 is 2.50 bits per heavy atom. The van der Waals surface area contributed by atoms with Gasteiger partial charge in [0.25, 0.3) is 0 Å². The SMILES string of the molecule is CCCc1nc(NCC)c(C)c(NCc2ccco2)n1. The summed E-state index contributed by atoms with van der Waals surface area (Å²) in [5.41, 5.74) is 1.04. The third-order valence-electron chi connectivity index (χ3n) is 3.02. The van der Waals surface area contributed by atoms with Crippen LogP contribution >= 0.6 is 0 Å². The molecule has 0 saturated heterocycles. The van der Waals surface area contributed by atoms with Crippen LogP contribution < -0.4 is 10.6 Å². The van der Waals surface area contributed by atoms with Crippen molar-refractivity contribution in [3.8, 4) is 0 Å². The molecular weight excluding hydrogens is 252 g/mol. The molecule has 2 aromatic heterocycles. The third kappa shape index (κ3) is 3.50. The lowest BCUT2D eigenvalue weighted by atomic mass is 10.2. The maximum absolute atomic E-state index is 5.33. The Morgan fingerprint density at radius 2 is 1.90 bits per heavy atom. The predicted molar refractivity (Wildman–Crippen MR) is 81.0 cm³/mol. The molecule has 5 heteroatoms. The highest BCUT2D eigenvalue weighted by Crippen LogP contribution is 2.21. The zero-order valence-electron chi connectivity index (χ0n) is 12.4. The normalized spacial score (nSPS) is 10.6. The molecule has 2 rings (SSSR count). The number of nitrogens with zero attached hydrogens (tertiary/aromatic N) is 2. The highest BCUT2D eigenvalue weighted by Gasteiger charge is 2.10. The van der Waals surface area contributed by atoms with Crippen molar-refractivity contribution in [3.05, 3.63) is 35.5 Å². The first-order valence-electron chi connectivity index (χ1n) is 7.12. The van der Waals surface area contributed by atoms with Gasteiger partial charge in [-0.15, -0.1) is 0 Å². The van der Waals surface area contributed by atoms with E-state index in [1.807, 2.05) is 19.1 Å². The second-order valence-corrected chi connectivity index (χ2v) is 4.68. The molecule has 0 amide bonds. The Morgan fingerprint density at radius 1 is 1.15 bits per heavy atom. The van der Waals surface area contributed by atoms with Crippen molar-refractivity contribution in [2.24, 2.45) is 0 Å². The number of aryl methyl sites for hydroxylation is 1. The predicted octanol–water partition coefficient (Wildman–Crippen LogP) is 3.37. The topological polar surface area (TPSA) is 63.0 Å². The average molecular weight is 274 g/mol. The molecular formula is C15H22N4O. The number of furan rings is 1. The lowest BCUT2D eigenvalue weighted by Crippen LogP contribution is -2.11. The van der Waals surface area contributed by atoms with Gasteiger partial charge in [0.1, 0.15) is 23.2 Å². The average Bonchev–Trinajstić information content (AvgIpc) is 2.94. The molecule has 0 aliphatic heterocycles. The van der Waals surface area contributed by atoms with Crippen LogP contribution in [0.15, 0.2) is 22.8 Å². The Hall–Kier alpha value is -2.04. The zero-order chi connectivity index (χ0) is 14.4. The molecule has 0 unspecified atom stereocenters. The summed E-state index contributed by atoms with van der Waals surface area (Å²) in [5.74, 6) is 3.55. The molecule has 20 heavy (non-hydrogen) atoms. The van der Waals surface area contributed by atoms with Crippen molar-refractivity contribution in [1.82, 2.24) is 9.97 Å². The molecule has 0 radical (unpaired) electrons. The number of hydrogen-bond acceptors (Lipinski definition) is 5. The number of aromatic nitrogens is 2. The molecule has 0 spiro atoms. The quantitative estimate of drug-likeness (QED) is 0.810. The second kappa shape index (κ2) is 6.93. The van der Waals surface area contributed by atoms with E-state index in [0.717, 1.165) is 48.2 Å². The Kier molecular flexibility index (Phi) is 4.98. The molecule has 0 aromatic carbocycles. The van der Waals surface area contributed by atoms with Gasteiger partial charge in [0.15, 0.2) is 0 Å². The van der Waals surface area contributed by atoms with Gasteiger partial charge in [0, 0.05) is 18.5 Å². The number of rotatable bonds is 7. The van der Waals surface area contributed by atoms with Crippen molar-refractivity contribution in [2.75, 3.05) is 17.2 Å². The van der Waals surface area contributed by atoms with Gasteiger partial charge >= 0.3 is 0 Å². The fourth-order valence-electron chi connectivity index (χ4n) is 1.99. The van der Waals surface area contributed by atoms with Gasteiger partial charge in [0.2, 0.25) is 0 Å². The summed E-state index contributed by atoms with van der Waals surface area (Å²) in [6.07, 6.45) is 3.59. The highest BCUT2D eigenvalue weighted by molar-refractivity contribution is 5.57. The minimum absolute atomic E-state index is 0.627. The van der Waals surface area contributed by atoms with Crippen LogP contribution in [0, 0.1) is 6.92 Å². The van der Waals surface area contributed by atoms with Gasteiger partial charge in [-0.25, -0.2) is 9.97 Å². The molecule has 0 fully saturated rings. The summed E-state index contributed by atoms with van der Waals surface area (Å²) in [6, 6.07) is 3.83. The fourth-order valence-corrected chi connectivity index (χ4v) is 1.99. The van der Waals surface area contributed by atoms with Crippen LogP contribution in [0.1, 0.15) is 37.4 Å². The van der Waals surface area contributed by atoms with Crippen LogP contribution in [-0.4, -0.2) is 16.5 Å². The smallest absolute Gasteiger partial charge is 0.135 e. The lowest BCUT2D eigenvalue weighted by molar-refractivity contribution is 0.517. The van der Waals surface area contributed by atoms with Crippen molar-refractivity contribution < 1.29 is 4.42 Å². The van der Waals surface area contributed by atoms with E-state index in [1.54, 1.807) is 6.26 Å². The molecule has 0 saturated carbocycles. The Bertz CT molecular complexity index is 537. The summed E-state index contributed by atoms with van der Waals surface area (Å²) < 4.78 is 5.33. The van der Waals surface area contributed by atoms with Gasteiger partial charge < -0.3 is 15.1 Å². The van der Waals surface area contributed by atoms with E-state index < -0.39 is 0 Å². The summed E-state index contributed by atoms with van der Waals surface area (Å²) >= 11 is 0. The van der Waals surface area contributed by atoms with Gasteiger partial charge in [-0.05, 0) is 32.4 Å². The van der Waals surface area contributed by atoms with Crippen LogP contribution in [0.5, 0.6) is 0 Å². The zero-order valence-corrected chi connectivity index (χ0v) is 12.4. The minimum Gasteiger partial charge on any atom is -0.467 e. The molecule has 2 N–H and O–H groups in total. The largest absolute Gasteiger partial charge is 0.467 e. The van der Waals surface area contributed by atoms with E-state index in [-0.39, 0.29) is 0 Å². The number of anilines is 2. The summed E-state index contributed by atoms with van der Waals surface area (Å²) in [4.78, 5) is 9.17. The van der Waals surface area contributed by atoms with E-state index >= 15 is 0 Å². The molecule has 108 valence electrons. The number of hydrogen-bond donors (Lipinski definition) is 2. The highest BCUT2D eigenvalue weighted by atomic mass is 16.3. The first kappa shape index (κ1) is 14.4. The van der Waals surface area contributed by atoms with Crippen LogP contribution in [-0.2, 0) is 13.0 Å².